The smallest absolute Gasteiger partial charge is 0.220 e. The maximum Gasteiger partial charge on any atom is 0.220 e. The van der Waals surface area contributed by atoms with Crippen molar-refractivity contribution in [1.82, 2.24) is 5.32 Å². The van der Waals surface area contributed by atoms with Crippen LogP contribution in [0.5, 0.6) is 17.2 Å². The van der Waals surface area contributed by atoms with Crippen LogP contribution in [0.3, 0.4) is 0 Å². The van der Waals surface area contributed by atoms with Gasteiger partial charge < -0.3 is 20.6 Å². The number of aromatic hydroxyl groups is 3. The molecule has 4 N–H and O–H groups in total. The van der Waals surface area contributed by atoms with Crippen LogP contribution in [-0.2, 0) is 11.2 Å². The number of carbonyl (C=O) groups excluding carboxylic acids is 1. The molecule has 1 rings (SSSR count). The predicted molar refractivity (Wildman–Crippen MR) is 58.4 cm³/mol. The molecule has 0 saturated heterocycles. The number of phenols is 3. The van der Waals surface area contributed by atoms with Crippen molar-refractivity contribution in [2.75, 3.05) is 6.54 Å². The van der Waals surface area contributed by atoms with Crippen LogP contribution in [0.2, 0.25) is 0 Å². The average Bonchev–Trinajstić information content (AvgIpc) is 2.25. The number of nitrogens with one attached hydrogen (secondary N) is 1. The van der Waals surface area contributed by atoms with Gasteiger partial charge in [0.15, 0.2) is 11.5 Å². The molecule has 0 heterocycles. The van der Waals surface area contributed by atoms with E-state index in [-0.39, 0.29) is 23.8 Å². The lowest BCUT2D eigenvalue weighted by molar-refractivity contribution is -0.120. The molecule has 16 heavy (non-hydrogen) atoms. The predicted octanol–water partition coefficient (Wildman–Crippen LogP) is 0.872. The molecule has 0 bridgehead atoms. The maximum atomic E-state index is 11.2. The van der Waals surface area contributed by atoms with Crippen LogP contribution < -0.4 is 5.32 Å². The van der Waals surface area contributed by atoms with Gasteiger partial charge in [-0.2, -0.15) is 0 Å². The molecule has 0 saturated carbocycles. The molecule has 0 atom stereocenters. The Labute approximate surface area is 93.4 Å². The molecule has 0 radical (unpaired) electrons. The highest BCUT2D eigenvalue weighted by atomic mass is 16.3. The Bertz CT molecular complexity index is 390. The summed E-state index contributed by atoms with van der Waals surface area (Å²) >= 11 is 0. The number of hydrogen-bond acceptors (Lipinski definition) is 4. The summed E-state index contributed by atoms with van der Waals surface area (Å²) in [4.78, 5) is 11.2. The van der Waals surface area contributed by atoms with Crippen LogP contribution in [0.1, 0.15) is 18.9 Å². The van der Waals surface area contributed by atoms with Crippen molar-refractivity contribution in [3.8, 4) is 17.2 Å². The fraction of sp³-hybridized carbons (Fsp3) is 0.364. The van der Waals surface area contributed by atoms with Gasteiger partial charge in [0, 0.05) is 13.0 Å². The second-order valence-corrected chi connectivity index (χ2v) is 3.39. The van der Waals surface area contributed by atoms with Gasteiger partial charge in [0.2, 0.25) is 11.7 Å². The molecule has 0 spiro atoms. The van der Waals surface area contributed by atoms with E-state index in [4.69, 9.17) is 5.11 Å². The molecular formula is C11H15NO4. The number of benzene rings is 1. The van der Waals surface area contributed by atoms with Crippen LogP contribution in [-0.4, -0.2) is 27.8 Å². The third-order valence-corrected chi connectivity index (χ3v) is 2.21. The number of hydrogen-bond donors (Lipinski definition) is 4. The summed E-state index contributed by atoms with van der Waals surface area (Å²) in [6, 6.07) is 2.76. The lowest BCUT2D eigenvalue weighted by Crippen LogP contribution is -2.22. The zero-order valence-corrected chi connectivity index (χ0v) is 9.03. The van der Waals surface area contributed by atoms with Crippen LogP contribution in [0.25, 0.3) is 0 Å². The molecule has 1 amide bonds. The molecule has 0 fully saturated rings. The number of amides is 1. The summed E-state index contributed by atoms with van der Waals surface area (Å²) < 4.78 is 0. The topological polar surface area (TPSA) is 89.8 Å². The molecular weight excluding hydrogens is 210 g/mol. The van der Waals surface area contributed by atoms with Crippen molar-refractivity contribution in [3.63, 3.8) is 0 Å². The Morgan fingerprint density at radius 1 is 1.25 bits per heavy atom. The highest BCUT2D eigenvalue weighted by molar-refractivity contribution is 5.76. The van der Waals surface area contributed by atoms with Crippen LogP contribution in [0.15, 0.2) is 12.1 Å². The lowest BCUT2D eigenvalue weighted by atomic mass is 10.1. The zero-order chi connectivity index (χ0) is 12.1. The first-order valence-corrected chi connectivity index (χ1v) is 5.05. The Hall–Kier alpha value is -1.91. The van der Waals surface area contributed by atoms with Crippen LogP contribution in [0, 0.1) is 0 Å². The molecule has 88 valence electrons. The minimum atomic E-state index is -0.548. The SMILES string of the molecule is CCNC(=O)CCc1ccc(O)c(O)c1O. The van der Waals surface area contributed by atoms with E-state index >= 15 is 0 Å². The molecule has 1 aromatic rings. The summed E-state index contributed by atoms with van der Waals surface area (Å²) in [5.41, 5.74) is 0.432. The molecule has 1 aromatic carbocycles. The van der Waals surface area contributed by atoms with Gasteiger partial charge in [-0.1, -0.05) is 6.07 Å². The number of rotatable bonds is 4. The fourth-order valence-electron chi connectivity index (χ4n) is 1.35. The largest absolute Gasteiger partial charge is 0.504 e. The van der Waals surface area contributed by atoms with Crippen molar-refractivity contribution in [2.45, 2.75) is 19.8 Å². The minimum Gasteiger partial charge on any atom is -0.504 e. The van der Waals surface area contributed by atoms with E-state index in [1.165, 1.54) is 12.1 Å². The lowest BCUT2D eigenvalue weighted by Gasteiger charge is -2.07. The Morgan fingerprint density at radius 3 is 2.56 bits per heavy atom. The van der Waals surface area contributed by atoms with E-state index in [0.717, 1.165) is 0 Å². The quantitative estimate of drug-likeness (QED) is 0.572. The molecule has 0 aliphatic rings. The normalized spacial score (nSPS) is 10.1. The van der Waals surface area contributed by atoms with Crippen LogP contribution in [0.4, 0.5) is 0 Å². The van der Waals surface area contributed by atoms with Gasteiger partial charge in [0.25, 0.3) is 0 Å². The second kappa shape index (κ2) is 5.25. The summed E-state index contributed by atoms with van der Waals surface area (Å²) in [7, 11) is 0. The first-order valence-electron chi connectivity index (χ1n) is 5.05. The van der Waals surface area contributed by atoms with Crippen molar-refractivity contribution >= 4 is 5.91 Å². The number of carbonyl (C=O) groups is 1. The van der Waals surface area contributed by atoms with Gasteiger partial charge in [-0.3, -0.25) is 4.79 Å². The molecule has 0 aromatic heterocycles. The standard InChI is InChI=1S/C11H15NO4/c1-2-12-9(14)6-4-7-3-5-8(13)11(16)10(7)15/h3,5,13,15-16H,2,4,6H2,1H3,(H,12,14). The Kier molecular flexibility index (Phi) is 3.99. The van der Waals surface area contributed by atoms with Gasteiger partial charge in [0.1, 0.15) is 0 Å². The van der Waals surface area contributed by atoms with E-state index in [0.29, 0.717) is 18.5 Å². The van der Waals surface area contributed by atoms with E-state index < -0.39 is 5.75 Å². The summed E-state index contributed by atoms with van der Waals surface area (Å²) in [5.74, 6) is -1.41. The Morgan fingerprint density at radius 2 is 1.94 bits per heavy atom. The monoisotopic (exact) mass is 225 g/mol. The highest BCUT2D eigenvalue weighted by Crippen LogP contribution is 2.37. The van der Waals surface area contributed by atoms with Crippen molar-refractivity contribution in [2.24, 2.45) is 0 Å². The van der Waals surface area contributed by atoms with E-state index in [2.05, 4.69) is 5.32 Å². The van der Waals surface area contributed by atoms with Gasteiger partial charge in [-0.25, -0.2) is 0 Å². The van der Waals surface area contributed by atoms with Crippen LogP contribution >= 0.6 is 0 Å². The number of phenolic OH excluding ortho intramolecular Hbond substituents is 3. The maximum absolute atomic E-state index is 11.2. The van der Waals surface area contributed by atoms with Gasteiger partial charge >= 0.3 is 0 Å². The average molecular weight is 225 g/mol. The fourth-order valence-corrected chi connectivity index (χ4v) is 1.35. The van der Waals surface area contributed by atoms with Crippen molar-refractivity contribution in [3.05, 3.63) is 17.7 Å². The summed E-state index contributed by atoms with van der Waals surface area (Å²) in [6.07, 6.45) is 0.539. The molecule has 0 aliphatic carbocycles. The number of aryl methyl sites for hydroxylation is 1. The van der Waals surface area contributed by atoms with E-state index in [1.54, 1.807) is 0 Å². The molecule has 5 nitrogen and oxygen atoms in total. The van der Waals surface area contributed by atoms with E-state index in [9.17, 15) is 15.0 Å². The first-order chi connectivity index (χ1) is 7.56. The van der Waals surface area contributed by atoms with Gasteiger partial charge in [-0.05, 0) is 25.0 Å². The van der Waals surface area contributed by atoms with E-state index in [1.807, 2.05) is 6.92 Å². The zero-order valence-electron chi connectivity index (χ0n) is 9.03. The van der Waals surface area contributed by atoms with Crippen molar-refractivity contribution < 1.29 is 20.1 Å². The summed E-state index contributed by atoms with van der Waals surface area (Å²) in [5, 5.41) is 30.5. The van der Waals surface area contributed by atoms with Crippen molar-refractivity contribution in [1.29, 1.82) is 0 Å². The second-order valence-electron chi connectivity index (χ2n) is 3.39. The third-order valence-electron chi connectivity index (χ3n) is 2.21. The Balaban J connectivity index is 2.68. The highest BCUT2D eigenvalue weighted by Gasteiger charge is 2.11. The van der Waals surface area contributed by atoms with Gasteiger partial charge in [0.05, 0.1) is 0 Å². The minimum absolute atomic E-state index is 0.116. The first kappa shape index (κ1) is 12.2. The van der Waals surface area contributed by atoms with Gasteiger partial charge in [-0.15, -0.1) is 0 Å². The molecule has 5 heteroatoms. The molecule has 0 unspecified atom stereocenters. The molecule has 0 aliphatic heterocycles. The summed E-state index contributed by atoms with van der Waals surface area (Å²) in [6.45, 7) is 2.38. The third kappa shape index (κ3) is 2.79.